The van der Waals surface area contributed by atoms with Gasteiger partial charge in [0.15, 0.2) is 40.8 Å². The maximum absolute atomic E-state index is 5.25. The van der Waals surface area contributed by atoms with E-state index in [0.29, 0.717) is 52.7 Å². The molecule has 0 atom stereocenters. The van der Waals surface area contributed by atoms with Crippen molar-refractivity contribution in [3.05, 3.63) is 473 Å². The number of nitrogens with zero attached hydrogens (tertiary/aromatic N) is 12. The van der Waals surface area contributed by atoms with E-state index in [1.54, 1.807) is 0 Å². The van der Waals surface area contributed by atoms with E-state index in [2.05, 4.69) is 390 Å². The SMILES string of the molecule is c1ccc(-c2nc(-c3ccc(-c4ccc5ccccc5c4)cc3)nc(-n3c4cccc5c4c4c6c(cccc6ccc43)-c3ccccc3-5)n2)cc1.c1ccc(-c2nc(-c3ccc4ccccc4c3)nc(-n3c4cccc5c4c4c6c(cccc6ccc43)-c3ccccc3-5)n2)cc1.c1ccc(-c2nc(-c3ccccc3)nc(-c3ccccc3-n3c4cccc5c4c4c6c(cccc6ccc43)-c3ccccc3-5)n2)cc1. The fourth-order valence-electron chi connectivity index (χ4n) is 22.6. The Kier molecular flexibility index (Phi) is 18.4. The van der Waals surface area contributed by atoms with Gasteiger partial charge in [0, 0.05) is 71.3 Å². The molecule has 143 heavy (non-hydrogen) atoms. The maximum Gasteiger partial charge on any atom is 0.238 e. The van der Waals surface area contributed by atoms with Crippen LogP contribution in [0.15, 0.2) is 473 Å². The van der Waals surface area contributed by atoms with Gasteiger partial charge < -0.3 is 4.57 Å². The van der Waals surface area contributed by atoms with E-state index in [1.165, 1.54) is 153 Å². The van der Waals surface area contributed by atoms with Crippen LogP contribution in [-0.2, 0) is 0 Å². The lowest BCUT2D eigenvalue weighted by Gasteiger charge is -2.16. The quantitative estimate of drug-likeness (QED) is 0.124. The fourth-order valence-corrected chi connectivity index (χ4v) is 22.6. The van der Waals surface area contributed by atoms with Crippen LogP contribution in [0.3, 0.4) is 0 Å². The summed E-state index contributed by atoms with van der Waals surface area (Å²) >= 11 is 0. The zero-order valence-corrected chi connectivity index (χ0v) is 76.9. The summed E-state index contributed by atoms with van der Waals surface area (Å²) in [4.78, 5) is 46.1. The number of hydrogen-bond acceptors (Lipinski definition) is 9. The second-order valence-corrected chi connectivity index (χ2v) is 36.9. The molecule has 28 aromatic rings. The Morgan fingerprint density at radius 1 is 0.119 bits per heavy atom. The second-order valence-electron chi connectivity index (χ2n) is 36.9. The van der Waals surface area contributed by atoms with Crippen molar-refractivity contribution in [3.63, 3.8) is 0 Å². The Balaban J connectivity index is 0.000000102. The van der Waals surface area contributed by atoms with Crippen molar-refractivity contribution >= 4 is 119 Å². The molecule has 12 nitrogen and oxygen atoms in total. The summed E-state index contributed by atoms with van der Waals surface area (Å²) in [6, 6.07) is 167. The minimum absolute atomic E-state index is 0.597. The van der Waals surface area contributed by atoms with Gasteiger partial charge in [-0.2, -0.15) is 19.9 Å². The first-order valence-electron chi connectivity index (χ1n) is 48.4. The summed E-state index contributed by atoms with van der Waals surface area (Å²) in [6.07, 6.45) is 0. The number of benzene rings is 22. The maximum atomic E-state index is 5.25. The molecule has 3 aliphatic carbocycles. The molecule has 12 heteroatoms. The smallest absolute Gasteiger partial charge is 0.238 e. The van der Waals surface area contributed by atoms with Gasteiger partial charge in [-0.25, -0.2) is 24.9 Å². The largest absolute Gasteiger partial charge is 0.308 e. The lowest BCUT2D eigenvalue weighted by molar-refractivity contribution is 0.953. The fraction of sp³-hybridized carbons (Fsp3) is 0. The van der Waals surface area contributed by atoms with Gasteiger partial charge in [-0.05, 0) is 192 Å². The molecular weight excluding hydrogens is 1740 g/mol. The molecule has 22 aromatic carbocycles. The van der Waals surface area contributed by atoms with Crippen molar-refractivity contribution in [2.75, 3.05) is 0 Å². The molecule has 0 unspecified atom stereocenters. The second kappa shape index (κ2) is 32.6. The third kappa shape index (κ3) is 13.0. The monoisotopic (exact) mass is 1820 g/mol. The highest BCUT2D eigenvalue weighted by atomic mass is 15.2. The third-order valence-corrected chi connectivity index (χ3v) is 28.9. The molecule has 0 radical (unpaired) electrons. The zero-order valence-electron chi connectivity index (χ0n) is 76.9. The summed E-state index contributed by atoms with van der Waals surface area (Å²) in [5, 5.41) is 19.8. The average molecular weight is 1820 g/mol. The highest BCUT2D eigenvalue weighted by Gasteiger charge is 2.32. The minimum atomic E-state index is 0.597. The predicted molar refractivity (Wildman–Crippen MR) is 587 cm³/mol. The van der Waals surface area contributed by atoms with E-state index < -0.39 is 0 Å². The average Bonchev–Trinajstić information content (AvgIpc) is 1.55. The van der Waals surface area contributed by atoms with Gasteiger partial charge >= 0.3 is 0 Å². The van der Waals surface area contributed by atoms with Crippen molar-refractivity contribution in [2.45, 2.75) is 0 Å². The Bertz CT molecular complexity index is 10100. The van der Waals surface area contributed by atoms with Gasteiger partial charge in [0.1, 0.15) is 0 Å². The highest BCUT2D eigenvalue weighted by molar-refractivity contribution is 6.34. The van der Waals surface area contributed by atoms with Crippen molar-refractivity contribution in [3.8, 4) is 175 Å². The predicted octanol–water partition coefficient (Wildman–Crippen LogP) is 33.0. The van der Waals surface area contributed by atoms with E-state index in [9.17, 15) is 0 Å². The van der Waals surface area contributed by atoms with Crippen LogP contribution in [0.5, 0.6) is 0 Å². The van der Waals surface area contributed by atoms with E-state index in [0.717, 1.165) is 88.7 Å². The van der Waals surface area contributed by atoms with Gasteiger partial charge in [0.2, 0.25) is 11.9 Å². The molecule has 0 spiro atoms. The Morgan fingerprint density at radius 3 is 0.741 bits per heavy atom. The Labute approximate surface area is 820 Å². The van der Waals surface area contributed by atoms with Gasteiger partial charge in [-0.1, -0.05) is 413 Å². The highest BCUT2D eigenvalue weighted by Crippen LogP contribution is 2.55. The standard InChI is InChI=1S/C47H28N4.C43H26N4.C41H24N4/c1-2-11-32(12-3-1)45-48-46(33-23-20-30(21-24-33)35-25-22-29-10-4-5-13-34(29)28-35)50-47(49-45)51-40-19-9-18-39-37-16-7-6-15-36(37)38-17-8-14-31-26-27-41(51)44(42(31)38)43(39)40;1-3-13-28(14-4-1)41-44-42(29-15-5-2-6-16-29)46-43(45-41)34-20-9-10-23-35(34)47-36-24-12-22-33-31-19-8-7-18-30(31)32-21-11-17-27-25-26-37(47)40(38(27)32)39(33)36;1-2-11-27(12-3-1)39-42-40(29-21-20-25-10-4-5-13-28(25)24-29)44-41(43-39)45-34-19-9-18-33-31-16-7-6-15-30(31)32-17-8-14-26-22-23-35(45)38(36(26)32)37(33)34/h1-28H;1-26H;1-24H. The number of rotatable bonds is 11. The van der Waals surface area contributed by atoms with Crippen LogP contribution < -0.4 is 0 Å². The lowest BCUT2D eigenvalue weighted by atomic mass is 9.93. The van der Waals surface area contributed by atoms with Crippen LogP contribution in [0.4, 0.5) is 0 Å². The van der Waals surface area contributed by atoms with Gasteiger partial charge in [-0.3, -0.25) is 9.13 Å². The number of para-hydroxylation sites is 1. The third-order valence-electron chi connectivity index (χ3n) is 28.9. The Hall–Kier alpha value is -19.4. The summed E-state index contributed by atoms with van der Waals surface area (Å²) in [7, 11) is 0. The number of hydrogen-bond donors (Lipinski definition) is 0. The van der Waals surface area contributed by atoms with Crippen molar-refractivity contribution in [1.82, 2.24) is 58.6 Å². The van der Waals surface area contributed by atoms with Gasteiger partial charge in [0.25, 0.3) is 0 Å². The van der Waals surface area contributed by atoms with Crippen LogP contribution in [-0.4, -0.2) is 58.6 Å². The molecule has 0 aliphatic heterocycles. The molecule has 3 aliphatic rings. The van der Waals surface area contributed by atoms with Crippen molar-refractivity contribution < 1.29 is 0 Å². The molecule has 0 amide bonds. The first-order valence-corrected chi connectivity index (χ1v) is 48.4. The molecule has 6 aromatic heterocycles. The van der Waals surface area contributed by atoms with Crippen LogP contribution in [0, 0.1) is 0 Å². The molecule has 0 saturated carbocycles. The minimum Gasteiger partial charge on any atom is -0.308 e. The summed E-state index contributed by atoms with van der Waals surface area (Å²) in [5.41, 5.74) is 31.6. The molecule has 662 valence electrons. The van der Waals surface area contributed by atoms with Crippen LogP contribution in [0.2, 0.25) is 0 Å². The normalized spacial score (nSPS) is 11.9. The summed E-state index contributed by atoms with van der Waals surface area (Å²) in [6.45, 7) is 0. The molecular formula is C131H78N12. The first-order chi connectivity index (χ1) is 70.9. The summed E-state index contributed by atoms with van der Waals surface area (Å²) in [5.74, 6) is 5.70. The first kappa shape index (κ1) is 80.8. The topological polar surface area (TPSA) is 131 Å². The van der Waals surface area contributed by atoms with Gasteiger partial charge in [0.05, 0.1) is 38.8 Å². The zero-order chi connectivity index (χ0) is 93.8. The van der Waals surface area contributed by atoms with Gasteiger partial charge in [-0.15, -0.1) is 0 Å². The Morgan fingerprint density at radius 2 is 0.357 bits per heavy atom. The van der Waals surface area contributed by atoms with Crippen molar-refractivity contribution in [2.24, 2.45) is 0 Å². The van der Waals surface area contributed by atoms with E-state index in [-0.39, 0.29) is 0 Å². The van der Waals surface area contributed by atoms with Crippen LogP contribution in [0.1, 0.15) is 0 Å². The molecule has 6 heterocycles. The van der Waals surface area contributed by atoms with Crippen LogP contribution >= 0.6 is 0 Å². The van der Waals surface area contributed by atoms with E-state index in [1.807, 2.05) is 97.1 Å². The van der Waals surface area contributed by atoms with E-state index >= 15 is 0 Å². The number of fused-ring (bicyclic) bond motifs is 11. The molecule has 0 fully saturated rings. The van der Waals surface area contributed by atoms with E-state index in [4.69, 9.17) is 44.9 Å². The van der Waals surface area contributed by atoms with Crippen LogP contribution in [0.25, 0.3) is 294 Å². The molecule has 0 saturated heterocycles. The summed E-state index contributed by atoms with van der Waals surface area (Å²) < 4.78 is 6.87. The molecule has 0 bridgehead atoms. The molecule has 31 rings (SSSR count). The number of aromatic nitrogens is 12. The van der Waals surface area contributed by atoms with Crippen molar-refractivity contribution in [1.29, 1.82) is 0 Å². The molecule has 0 N–H and O–H groups in total. The lowest BCUT2D eigenvalue weighted by Crippen LogP contribution is -2.06.